The summed E-state index contributed by atoms with van der Waals surface area (Å²) in [5.41, 5.74) is 1.92. The fourth-order valence-electron chi connectivity index (χ4n) is 2.24. The van der Waals surface area contributed by atoms with Gasteiger partial charge in [-0.15, -0.1) is 0 Å². The van der Waals surface area contributed by atoms with E-state index in [9.17, 15) is 9.18 Å². The maximum Gasteiger partial charge on any atom is 0.272 e. The maximum atomic E-state index is 13.3. The van der Waals surface area contributed by atoms with Crippen molar-refractivity contribution in [2.24, 2.45) is 7.05 Å². The molecule has 0 aliphatic rings. The van der Waals surface area contributed by atoms with Crippen LogP contribution >= 0.6 is 0 Å². The lowest BCUT2D eigenvalue weighted by Crippen LogP contribution is -2.15. The summed E-state index contributed by atoms with van der Waals surface area (Å²) in [4.78, 5) is 12.3. The van der Waals surface area contributed by atoms with Crippen LogP contribution in [0.15, 0.2) is 54.6 Å². The molecule has 0 spiro atoms. The van der Waals surface area contributed by atoms with Crippen LogP contribution in [0.25, 0.3) is 10.9 Å². The van der Waals surface area contributed by atoms with E-state index in [2.05, 4.69) is 5.32 Å². The average Bonchev–Trinajstić information content (AvgIpc) is 2.77. The Morgan fingerprint density at radius 2 is 1.85 bits per heavy atom. The van der Waals surface area contributed by atoms with Gasteiger partial charge in [-0.1, -0.05) is 18.2 Å². The van der Waals surface area contributed by atoms with Gasteiger partial charge in [-0.3, -0.25) is 4.79 Å². The normalized spacial score (nSPS) is 10.7. The van der Waals surface area contributed by atoms with Crippen LogP contribution in [0.4, 0.5) is 10.1 Å². The third-order valence-corrected chi connectivity index (χ3v) is 3.27. The summed E-state index contributed by atoms with van der Waals surface area (Å²) >= 11 is 0. The Balaban J connectivity index is 1.98. The lowest BCUT2D eigenvalue weighted by Gasteiger charge is -2.06. The molecule has 3 nitrogen and oxygen atoms in total. The maximum absolute atomic E-state index is 13.3. The number of nitrogens with zero attached hydrogens (tertiary/aromatic N) is 1. The number of amides is 1. The number of aromatic nitrogens is 1. The molecule has 2 aromatic carbocycles. The number of hydrogen-bond donors (Lipinski definition) is 1. The van der Waals surface area contributed by atoms with Crippen LogP contribution in [0.1, 0.15) is 10.5 Å². The molecule has 0 saturated carbocycles. The van der Waals surface area contributed by atoms with E-state index in [4.69, 9.17) is 0 Å². The molecule has 1 aromatic heterocycles. The summed E-state index contributed by atoms with van der Waals surface area (Å²) < 4.78 is 15.0. The molecule has 0 bridgehead atoms. The molecule has 4 heteroatoms. The molecule has 1 amide bonds. The highest BCUT2D eigenvalue weighted by atomic mass is 19.1. The number of aryl methyl sites for hydroxylation is 1. The first kappa shape index (κ1) is 12.4. The third kappa shape index (κ3) is 2.16. The number of carbonyl (C=O) groups is 1. The summed E-state index contributed by atoms with van der Waals surface area (Å²) in [5, 5.41) is 3.66. The molecule has 1 N–H and O–H groups in total. The summed E-state index contributed by atoms with van der Waals surface area (Å²) in [5.74, 6) is -0.524. The summed E-state index contributed by atoms with van der Waals surface area (Å²) in [6.45, 7) is 0. The summed E-state index contributed by atoms with van der Waals surface area (Å²) in [6, 6.07) is 15.5. The number of nitrogens with one attached hydrogen (secondary N) is 1. The Kier molecular flexibility index (Phi) is 2.99. The van der Waals surface area contributed by atoms with Crippen LogP contribution in [0.5, 0.6) is 0 Å². The number of carbonyl (C=O) groups excluding carboxylic acids is 1. The molecule has 0 unspecified atom stereocenters. The van der Waals surface area contributed by atoms with Gasteiger partial charge in [-0.05, 0) is 36.4 Å². The van der Waals surface area contributed by atoms with Gasteiger partial charge in [0.15, 0.2) is 0 Å². The van der Waals surface area contributed by atoms with Crippen molar-refractivity contribution in [1.82, 2.24) is 4.57 Å². The number of hydrogen-bond acceptors (Lipinski definition) is 1. The van der Waals surface area contributed by atoms with Gasteiger partial charge in [-0.2, -0.15) is 0 Å². The molecule has 100 valence electrons. The van der Waals surface area contributed by atoms with Crippen LogP contribution in [-0.4, -0.2) is 10.5 Å². The van der Waals surface area contributed by atoms with Crippen LogP contribution < -0.4 is 5.32 Å². The van der Waals surface area contributed by atoms with E-state index in [-0.39, 0.29) is 11.7 Å². The van der Waals surface area contributed by atoms with Gasteiger partial charge in [0, 0.05) is 18.1 Å². The van der Waals surface area contributed by atoms with E-state index < -0.39 is 0 Å². The van der Waals surface area contributed by atoms with E-state index in [1.54, 1.807) is 23.7 Å². The van der Waals surface area contributed by atoms with E-state index in [0.717, 1.165) is 11.1 Å². The van der Waals surface area contributed by atoms with Gasteiger partial charge in [0.05, 0.1) is 5.52 Å². The van der Waals surface area contributed by atoms with Crippen molar-refractivity contribution >= 4 is 22.5 Å². The first-order valence-corrected chi connectivity index (χ1v) is 6.26. The Labute approximate surface area is 115 Å². The largest absolute Gasteiger partial charge is 0.340 e. The molecule has 0 aliphatic carbocycles. The fourth-order valence-corrected chi connectivity index (χ4v) is 2.24. The van der Waals surface area contributed by atoms with Crippen LogP contribution in [0.2, 0.25) is 0 Å². The van der Waals surface area contributed by atoms with Gasteiger partial charge >= 0.3 is 0 Å². The van der Waals surface area contributed by atoms with E-state index in [0.29, 0.717) is 11.2 Å². The highest BCUT2D eigenvalue weighted by Crippen LogP contribution is 2.20. The highest BCUT2D eigenvalue weighted by Gasteiger charge is 2.13. The Hall–Kier alpha value is -2.62. The monoisotopic (exact) mass is 268 g/mol. The minimum atomic E-state index is -0.311. The molecule has 20 heavy (non-hydrogen) atoms. The van der Waals surface area contributed by atoms with E-state index >= 15 is 0 Å². The number of benzene rings is 2. The number of halogens is 1. The number of para-hydroxylation sites is 1. The standard InChI is InChI=1S/C16H13FN2O/c1-19-14-10-12(17)8-7-11(14)9-15(19)16(20)18-13-5-3-2-4-6-13/h2-10H,1H3,(H,18,20). The third-order valence-electron chi connectivity index (χ3n) is 3.27. The second-order valence-electron chi connectivity index (χ2n) is 4.61. The van der Waals surface area contributed by atoms with Crippen LogP contribution in [0, 0.1) is 5.82 Å². The lowest BCUT2D eigenvalue weighted by atomic mass is 10.2. The predicted octanol–water partition coefficient (Wildman–Crippen LogP) is 3.57. The van der Waals surface area contributed by atoms with E-state index in [1.807, 2.05) is 30.3 Å². The van der Waals surface area contributed by atoms with Crippen molar-refractivity contribution in [3.63, 3.8) is 0 Å². The predicted molar refractivity (Wildman–Crippen MR) is 77.3 cm³/mol. The summed E-state index contributed by atoms with van der Waals surface area (Å²) in [6.07, 6.45) is 0. The van der Waals surface area contributed by atoms with Crippen molar-refractivity contribution in [2.75, 3.05) is 5.32 Å². The molecule has 0 fully saturated rings. The molecular formula is C16H13FN2O. The number of rotatable bonds is 2. The molecule has 0 radical (unpaired) electrons. The fraction of sp³-hybridized carbons (Fsp3) is 0.0625. The van der Waals surface area contributed by atoms with Gasteiger partial charge in [0.1, 0.15) is 11.5 Å². The second kappa shape index (κ2) is 4.81. The molecule has 1 heterocycles. The zero-order valence-electron chi connectivity index (χ0n) is 10.9. The smallest absolute Gasteiger partial charge is 0.272 e. The van der Waals surface area contributed by atoms with Crippen molar-refractivity contribution < 1.29 is 9.18 Å². The zero-order chi connectivity index (χ0) is 14.1. The zero-order valence-corrected chi connectivity index (χ0v) is 10.9. The summed E-state index contributed by atoms with van der Waals surface area (Å²) in [7, 11) is 1.75. The molecule has 3 rings (SSSR count). The minimum absolute atomic E-state index is 0.213. The molecule has 3 aromatic rings. The number of fused-ring (bicyclic) bond motifs is 1. The quantitative estimate of drug-likeness (QED) is 0.757. The van der Waals surface area contributed by atoms with Gasteiger partial charge in [0.2, 0.25) is 0 Å². The Bertz CT molecular complexity index is 778. The molecule has 0 atom stereocenters. The Morgan fingerprint density at radius 3 is 2.60 bits per heavy atom. The van der Waals surface area contributed by atoms with Gasteiger partial charge in [-0.25, -0.2) is 4.39 Å². The number of anilines is 1. The average molecular weight is 268 g/mol. The highest BCUT2D eigenvalue weighted by molar-refractivity contribution is 6.06. The van der Waals surface area contributed by atoms with Gasteiger partial charge in [0.25, 0.3) is 5.91 Å². The Morgan fingerprint density at radius 1 is 1.10 bits per heavy atom. The SMILES string of the molecule is Cn1c(C(=O)Nc2ccccc2)cc2ccc(F)cc21. The minimum Gasteiger partial charge on any atom is -0.340 e. The van der Waals surface area contributed by atoms with Gasteiger partial charge < -0.3 is 9.88 Å². The first-order chi connectivity index (χ1) is 9.65. The van der Waals surface area contributed by atoms with Crippen molar-refractivity contribution in [1.29, 1.82) is 0 Å². The molecule has 0 aliphatic heterocycles. The first-order valence-electron chi connectivity index (χ1n) is 6.26. The van der Waals surface area contributed by atoms with Crippen molar-refractivity contribution in [2.45, 2.75) is 0 Å². The van der Waals surface area contributed by atoms with Crippen LogP contribution in [-0.2, 0) is 7.05 Å². The molecule has 0 saturated heterocycles. The lowest BCUT2D eigenvalue weighted by molar-refractivity contribution is 0.102. The van der Waals surface area contributed by atoms with Crippen molar-refractivity contribution in [3.8, 4) is 0 Å². The van der Waals surface area contributed by atoms with Crippen LogP contribution in [0.3, 0.4) is 0 Å². The van der Waals surface area contributed by atoms with Crippen molar-refractivity contribution in [3.05, 3.63) is 66.1 Å². The second-order valence-corrected chi connectivity index (χ2v) is 4.61. The topological polar surface area (TPSA) is 34.0 Å². The van der Waals surface area contributed by atoms with E-state index in [1.165, 1.54) is 12.1 Å². The molecular weight excluding hydrogens is 255 g/mol.